The number of carbonyl (C=O) groups is 3. The summed E-state index contributed by atoms with van der Waals surface area (Å²) in [5, 5.41) is 5.36. The van der Waals surface area contributed by atoms with E-state index >= 15 is 0 Å². The zero-order chi connectivity index (χ0) is 24.3. The molecule has 0 spiro atoms. The molecule has 11 heteroatoms. The summed E-state index contributed by atoms with van der Waals surface area (Å²) >= 11 is 0. The quantitative estimate of drug-likeness (QED) is 0.201. The Morgan fingerprint density at radius 3 is 2.26 bits per heavy atom. The normalized spacial score (nSPS) is 15.3. The summed E-state index contributed by atoms with van der Waals surface area (Å²) in [5.74, 6) is -0.194. The van der Waals surface area contributed by atoms with Gasteiger partial charge < -0.3 is 34.5 Å². The molecule has 0 saturated carbocycles. The number of ether oxygens (including phenoxy) is 4. The van der Waals surface area contributed by atoms with Crippen molar-refractivity contribution in [1.82, 2.24) is 20.5 Å². The highest BCUT2D eigenvalue weighted by Gasteiger charge is 2.33. The summed E-state index contributed by atoms with van der Waals surface area (Å²) in [6.45, 7) is 5.00. The lowest BCUT2D eigenvalue weighted by Gasteiger charge is -2.24. The Hall–Kier alpha value is -2.60. The van der Waals surface area contributed by atoms with Gasteiger partial charge in [0.25, 0.3) is 0 Å². The van der Waals surface area contributed by atoms with Crippen molar-refractivity contribution in [3.05, 3.63) is 30.1 Å². The second-order valence-corrected chi connectivity index (χ2v) is 7.60. The molecule has 0 aliphatic carbocycles. The van der Waals surface area contributed by atoms with Gasteiger partial charge in [-0.15, -0.1) is 0 Å². The highest BCUT2D eigenvalue weighted by molar-refractivity contribution is 5.89. The van der Waals surface area contributed by atoms with E-state index in [-0.39, 0.29) is 18.2 Å². The van der Waals surface area contributed by atoms with Gasteiger partial charge in [0.15, 0.2) is 0 Å². The maximum atomic E-state index is 12.6. The van der Waals surface area contributed by atoms with Crippen LogP contribution in [0, 0.1) is 0 Å². The molecular formula is C23H36N4O7. The SMILES string of the molecule is O=CNCCOCCOCCOCCOCCNC(=O)[C@H]1CCCN1C(=O)Cc1cccnc1. The molecule has 3 amide bonds. The monoisotopic (exact) mass is 480 g/mol. The average Bonchev–Trinajstić information content (AvgIpc) is 3.35. The fraction of sp³-hybridized carbons (Fsp3) is 0.652. The van der Waals surface area contributed by atoms with Crippen molar-refractivity contribution >= 4 is 18.2 Å². The maximum absolute atomic E-state index is 12.6. The van der Waals surface area contributed by atoms with Crippen molar-refractivity contribution in [3.63, 3.8) is 0 Å². The van der Waals surface area contributed by atoms with Crippen LogP contribution in [0.25, 0.3) is 0 Å². The molecular weight excluding hydrogens is 444 g/mol. The summed E-state index contributed by atoms with van der Waals surface area (Å²) in [6, 6.07) is 3.23. The van der Waals surface area contributed by atoms with E-state index in [1.54, 1.807) is 23.4 Å². The van der Waals surface area contributed by atoms with E-state index in [4.69, 9.17) is 18.9 Å². The second kappa shape index (κ2) is 17.8. The Morgan fingerprint density at radius 2 is 1.65 bits per heavy atom. The molecule has 190 valence electrons. The third-order valence-corrected chi connectivity index (χ3v) is 5.09. The Balaban J connectivity index is 1.43. The lowest BCUT2D eigenvalue weighted by Crippen LogP contribution is -2.47. The number of aromatic nitrogens is 1. The number of nitrogens with one attached hydrogen (secondary N) is 2. The van der Waals surface area contributed by atoms with E-state index in [2.05, 4.69) is 15.6 Å². The minimum absolute atomic E-state index is 0.0533. The predicted octanol–water partition coefficient (Wildman–Crippen LogP) is -0.456. The van der Waals surface area contributed by atoms with Crippen LogP contribution in [0.5, 0.6) is 0 Å². The fourth-order valence-electron chi connectivity index (χ4n) is 3.43. The Bertz CT molecular complexity index is 708. The molecule has 0 aromatic carbocycles. The van der Waals surface area contributed by atoms with Gasteiger partial charge in [-0.25, -0.2) is 0 Å². The van der Waals surface area contributed by atoms with Crippen LogP contribution in [-0.2, 0) is 39.8 Å². The number of carbonyl (C=O) groups excluding carboxylic acids is 3. The Kier molecular flexibility index (Phi) is 14.5. The van der Waals surface area contributed by atoms with Crippen LogP contribution in [0.15, 0.2) is 24.5 Å². The van der Waals surface area contributed by atoms with Crippen molar-refractivity contribution < 1.29 is 33.3 Å². The summed E-state index contributed by atoms with van der Waals surface area (Å²) in [6.07, 6.45) is 5.72. The van der Waals surface area contributed by atoms with E-state index < -0.39 is 6.04 Å². The summed E-state index contributed by atoms with van der Waals surface area (Å²) < 4.78 is 21.5. The van der Waals surface area contributed by atoms with Crippen LogP contribution in [-0.4, -0.2) is 107 Å². The minimum Gasteiger partial charge on any atom is -0.377 e. The number of likely N-dealkylation sites (tertiary alicyclic amines) is 1. The molecule has 0 radical (unpaired) electrons. The second-order valence-electron chi connectivity index (χ2n) is 7.60. The van der Waals surface area contributed by atoms with Crippen LogP contribution in [0.2, 0.25) is 0 Å². The number of amides is 3. The number of rotatable bonds is 19. The molecule has 11 nitrogen and oxygen atoms in total. The Labute approximate surface area is 200 Å². The smallest absolute Gasteiger partial charge is 0.242 e. The number of pyridine rings is 1. The zero-order valence-corrected chi connectivity index (χ0v) is 19.6. The topological polar surface area (TPSA) is 128 Å². The molecule has 1 aliphatic rings. The van der Waals surface area contributed by atoms with E-state index in [0.717, 1.165) is 12.0 Å². The van der Waals surface area contributed by atoms with Crippen molar-refractivity contribution in [2.75, 3.05) is 72.5 Å². The first-order valence-corrected chi connectivity index (χ1v) is 11.7. The molecule has 1 aliphatic heterocycles. The first-order chi connectivity index (χ1) is 16.7. The third kappa shape index (κ3) is 11.5. The van der Waals surface area contributed by atoms with Gasteiger partial charge in [0, 0.05) is 32.0 Å². The molecule has 34 heavy (non-hydrogen) atoms. The molecule has 0 bridgehead atoms. The van der Waals surface area contributed by atoms with Crippen molar-refractivity contribution in [1.29, 1.82) is 0 Å². The van der Waals surface area contributed by atoms with Gasteiger partial charge in [0.1, 0.15) is 6.04 Å². The van der Waals surface area contributed by atoms with Crippen LogP contribution >= 0.6 is 0 Å². The van der Waals surface area contributed by atoms with E-state index in [1.165, 1.54) is 0 Å². The van der Waals surface area contributed by atoms with Gasteiger partial charge in [-0.1, -0.05) is 6.07 Å². The van der Waals surface area contributed by atoms with Gasteiger partial charge in [-0.3, -0.25) is 19.4 Å². The van der Waals surface area contributed by atoms with Gasteiger partial charge in [-0.2, -0.15) is 0 Å². The van der Waals surface area contributed by atoms with E-state index in [1.807, 2.05) is 6.07 Å². The molecule has 2 N–H and O–H groups in total. The van der Waals surface area contributed by atoms with E-state index in [0.29, 0.717) is 85.3 Å². The molecule has 2 heterocycles. The average molecular weight is 481 g/mol. The summed E-state index contributed by atoms with van der Waals surface area (Å²) in [7, 11) is 0. The fourth-order valence-corrected chi connectivity index (χ4v) is 3.43. The number of hydrogen-bond donors (Lipinski definition) is 2. The van der Waals surface area contributed by atoms with E-state index in [9.17, 15) is 14.4 Å². The van der Waals surface area contributed by atoms with Crippen LogP contribution in [0.1, 0.15) is 18.4 Å². The highest BCUT2D eigenvalue weighted by atomic mass is 16.6. The first-order valence-electron chi connectivity index (χ1n) is 11.7. The van der Waals surface area contributed by atoms with Crippen LogP contribution < -0.4 is 10.6 Å². The maximum Gasteiger partial charge on any atom is 0.242 e. The molecule has 1 aromatic heterocycles. The molecule has 2 rings (SSSR count). The molecule has 1 aromatic rings. The third-order valence-electron chi connectivity index (χ3n) is 5.09. The van der Waals surface area contributed by atoms with Crippen molar-refractivity contribution in [2.45, 2.75) is 25.3 Å². The first kappa shape index (κ1) is 27.6. The van der Waals surface area contributed by atoms with Gasteiger partial charge in [0.2, 0.25) is 18.2 Å². The molecule has 0 unspecified atom stereocenters. The number of hydrogen-bond acceptors (Lipinski definition) is 8. The zero-order valence-electron chi connectivity index (χ0n) is 19.6. The van der Waals surface area contributed by atoms with Gasteiger partial charge in [-0.05, 0) is 24.5 Å². The molecule has 1 fully saturated rings. The van der Waals surface area contributed by atoms with Gasteiger partial charge in [0.05, 0.1) is 59.3 Å². The summed E-state index contributed by atoms with van der Waals surface area (Å²) in [4.78, 5) is 40.9. The van der Waals surface area contributed by atoms with Crippen molar-refractivity contribution in [3.8, 4) is 0 Å². The molecule has 1 atom stereocenters. The van der Waals surface area contributed by atoms with Crippen molar-refractivity contribution in [2.24, 2.45) is 0 Å². The Morgan fingerprint density at radius 1 is 1.00 bits per heavy atom. The van der Waals surface area contributed by atoms with Gasteiger partial charge >= 0.3 is 0 Å². The number of nitrogens with zero attached hydrogens (tertiary/aromatic N) is 2. The predicted molar refractivity (Wildman–Crippen MR) is 123 cm³/mol. The lowest BCUT2D eigenvalue weighted by molar-refractivity contribution is -0.138. The largest absolute Gasteiger partial charge is 0.377 e. The summed E-state index contributed by atoms with van der Waals surface area (Å²) in [5.41, 5.74) is 0.843. The highest BCUT2D eigenvalue weighted by Crippen LogP contribution is 2.18. The minimum atomic E-state index is -0.425. The van der Waals surface area contributed by atoms with Crippen LogP contribution in [0.4, 0.5) is 0 Å². The lowest BCUT2D eigenvalue weighted by atomic mass is 10.1. The van der Waals surface area contributed by atoms with Crippen LogP contribution in [0.3, 0.4) is 0 Å². The standard InChI is InChI=1S/C23H36N4O7/c28-19-25-6-9-31-11-13-33-15-16-34-14-12-32-10-7-26-23(30)21-4-2-8-27(21)22(29)17-20-3-1-5-24-18-20/h1,3,5,18-19,21H,2,4,6-17H2,(H,25,28)(H,26,30)/t21-/m1/s1. The molecule has 1 saturated heterocycles.